The first kappa shape index (κ1) is 31.7. The summed E-state index contributed by atoms with van der Waals surface area (Å²) in [5, 5.41) is 3.71. The van der Waals surface area contributed by atoms with Gasteiger partial charge in [-0.2, -0.15) is 0 Å². The van der Waals surface area contributed by atoms with Crippen molar-refractivity contribution in [1.29, 1.82) is 0 Å². The molecule has 0 unspecified atom stereocenters. The standard InChI is InChI=1S/C52H32N8/c1-2-15-33(16-3-1)55-41-22-7-4-19-37(41)49-38-20-5-8-23-42(38)56(50(49)55)34-17-14-18-35(31-34)57-45-26-11-13-28-47(45)60-48-32-36(29-30-40(48)54-52(57)60)58-44-25-10-12-27-46(44)59-43-24-9-6-21-39(43)53-51(58)59/h1-32H. The van der Waals surface area contributed by atoms with Crippen LogP contribution in [0.2, 0.25) is 0 Å². The molecule has 0 aliphatic heterocycles. The van der Waals surface area contributed by atoms with Crippen molar-refractivity contribution >= 4 is 88.5 Å². The number of benzene rings is 8. The molecule has 0 saturated heterocycles. The number of imidazole rings is 4. The second-order valence-electron chi connectivity index (χ2n) is 15.6. The summed E-state index contributed by atoms with van der Waals surface area (Å²) in [5.41, 5.74) is 16.2. The minimum Gasteiger partial charge on any atom is -0.295 e. The van der Waals surface area contributed by atoms with Gasteiger partial charge >= 0.3 is 0 Å². The lowest BCUT2D eigenvalue weighted by Crippen LogP contribution is -2.03. The van der Waals surface area contributed by atoms with Crippen LogP contribution < -0.4 is 0 Å². The second kappa shape index (κ2) is 11.6. The lowest BCUT2D eigenvalue weighted by Gasteiger charge is -2.14. The monoisotopic (exact) mass is 768 g/mol. The van der Waals surface area contributed by atoms with E-state index >= 15 is 0 Å². The van der Waals surface area contributed by atoms with Gasteiger partial charge in [-0.1, -0.05) is 97.1 Å². The lowest BCUT2D eigenvalue weighted by atomic mass is 10.1. The first-order valence-corrected chi connectivity index (χ1v) is 20.3. The highest BCUT2D eigenvalue weighted by molar-refractivity contribution is 6.22. The first-order chi connectivity index (χ1) is 29.8. The smallest absolute Gasteiger partial charge is 0.220 e. The van der Waals surface area contributed by atoms with Crippen LogP contribution in [0.3, 0.4) is 0 Å². The Bertz CT molecular complexity index is 4070. The van der Waals surface area contributed by atoms with E-state index in [1.54, 1.807) is 0 Å². The summed E-state index contributed by atoms with van der Waals surface area (Å²) in [7, 11) is 0. The van der Waals surface area contributed by atoms with E-state index < -0.39 is 0 Å². The van der Waals surface area contributed by atoms with Crippen molar-refractivity contribution in [3.8, 4) is 22.7 Å². The number of hydrogen-bond acceptors (Lipinski definition) is 2. The van der Waals surface area contributed by atoms with Crippen LogP contribution in [0.1, 0.15) is 0 Å². The number of aromatic nitrogens is 8. The summed E-state index contributed by atoms with van der Waals surface area (Å²) >= 11 is 0. The molecule has 6 aromatic heterocycles. The molecule has 8 aromatic carbocycles. The van der Waals surface area contributed by atoms with E-state index in [4.69, 9.17) is 9.97 Å². The van der Waals surface area contributed by atoms with Crippen LogP contribution in [0.4, 0.5) is 0 Å². The number of nitrogens with zero attached hydrogens (tertiary/aromatic N) is 8. The third kappa shape index (κ3) is 4.08. The van der Waals surface area contributed by atoms with Gasteiger partial charge in [0.25, 0.3) is 0 Å². The van der Waals surface area contributed by atoms with Crippen LogP contribution in [0.5, 0.6) is 0 Å². The molecule has 14 rings (SSSR count). The molecule has 0 atom stereocenters. The average Bonchev–Trinajstić information content (AvgIpc) is 4.13. The molecule has 14 aromatic rings. The van der Waals surface area contributed by atoms with Gasteiger partial charge in [0.05, 0.1) is 66.5 Å². The maximum absolute atomic E-state index is 5.37. The van der Waals surface area contributed by atoms with E-state index in [0.717, 1.165) is 89.6 Å². The van der Waals surface area contributed by atoms with Crippen LogP contribution in [-0.2, 0) is 0 Å². The number of fused-ring (bicyclic) bond motifs is 15. The van der Waals surface area contributed by atoms with Crippen molar-refractivity contribution in [3.63, 3.8) is 0 Å². The van der Waals surface area contributed by atoms with Gasteiger partial charge in [-0.25, -0.2) is 9.97 Å². The topological polar surface area (TPSA) is 54.3 Å². The van der Waals surface area contributed by atoms with Crippen molar-refractivity contribution in [2.24, 2.45) is 0 Å². The van der Waals surface area contributed by atoms with Crippen molar-refractivity contribution in [3.05, 3.63) is 194 Å². The minimum atomic E-state index is 0.857. The average molecular weight is 769 g/mol. The summed E-state index contributed by atoms with van der Waals surface area (Å²) < 4.78 is 14.0. The molecule has 0 N–H and O–H groups in total. The van der Waals surface area contributed by atoms with Crippen LogP contribution >= 0.6 is 0 Å². The second-order valence-corrected chi connectivity index (χ2v) is 15.6. The highest BCUT2D eigenvalue weighted by Gasteiger charge is 2.24. The normalized spacial score (nSPS) is 12.3. The van der Waals surface area contributed by atoms with Gasteiger partial charge in [0.2, 0.25) is 11.6 Å². The molecule has 0 bridgehead atoms. The molecule has 0 saturated carbocycles. The number of rotatable bonds is 4. The fourth-order valence-electron chi connectivity index (χ4n) is 9.96. The molecule has 8 nitrogen and oxygen atoms in total. The Balaban J connectivity index is 1.02. The molecule has 280 valence electrons. The quantitative estimate of drug-likeness (QED) is 0.179. The largest absolute Gasteiger partial charge is 0.295 e. The van der Waals surface area contributed by atoms with E-state index in [2.05, 4.69) is 215 Å². The zero-order chi connectivity index (χ0) is 39.1. The first-order valence-electron chi connectivity index (χ1n) is 20.3. The molecule has 0 aliphatic rings. The van der Waals surface area contributed by atoms with Crippen LogP contribution in [0.25, 0.3) is 111 Å². The fourth-order valence-corrected chi connectivity index (χ4v) is 9.96. The van der Waals surface area contributed by atoms with Gasteiger partial charge in [0.1, 0.15) is 5.65 Å². The van der Waals surface area contributed by atoms with Gasteiger partial charge in [-0.3, -0.25) is 27.1 Å². The van der Waals surface area contributed by atoms with Crippen LogP contribution in [0, 0.1) is 0 Å². The molecule has 8 heteroatoms. The summed E-state index contributed by atoms with van der Waals surface area (Å²) in [6.45, 7) is 0. The van der Waals surface area contributed by atoms with Gasteiger partial charge in [-0.15, -0.1) is 0 Å². The molecular formula is C52H32N8. The molecule has 0 spiro atoms. The third-order valence-electron chi connectivity index (χ3n) is 12.4. The van der Waals surface area contributed by atoms with Crippen molar-refractivity contribution in [2.75, 3.05) is 0 Å². The SMILES string of the molecule is c1ccc(-n2c3ccccc3c3c4ccccc4n(-c4cccc(-n5c6ccccc6n6c7cc(-n8c9ccccc9n9c%10ccccc%10nc89)ccc7nc56)c4)c32)cc1. The summed E-state index contributed by atoms with van der Waals surface area (Å²) in [4.78, 5) is 10.5. The molecular weight excluding hydrogens is 737 g/mol. The highest BCUT2D eigenvalue weighted by Crippen LogP contribution is 2.41. The van der Waals surface area contributed by atoms with Gasteiger partial charge < -0.3 is 0 Å². The lowest BCUT2D eigenvalue weighted by molar-refractivity contribution is 1.05. The van der Waals surface area contributed by atoms with E-state index in [-0.39, 0.29) is 0 Å². The maximum atomic E-state index is 5.37. The third-order valence-corrected chi connectivity index (χ3v) is 12.4. The highest BCUT2D eigenvalue weighted by atomic mass is 15.2. The molecule has 6 heterocycles. The van der Waals surface area contributed by atoms with Gasteiger partial charge in [-0.05, 0) is 97.1 Å². The van der Waals surface area contributed by atoms with Crippen LogP contribution in [-0.4, -0.2) is 37.0 Å². The number of para-hydroxylation sites is 9. The summed E-state index contributed by atoms with van der Waals surface area (Å²) in [6, 6.07) is 69.2. The zero-order valence-electron chi connectivity index (χ0n) is 32.1. The Morgan fingerprint density at radius 3 is 1.38 bits per heavy atom. The number of hydrogen-bond donors (Lipinski definition) is 0. The van der Waals surface area contributed by atoms with E-state index in [1.807, 2.05) is 6.07 Å². The van der Waals surface area contributed by atoms with Gasteiger partial charge in [0, 0.05) is 27.5 Å². The van der Waals surface area contributed by atoms with Crippen molar-refractivity contribution in [1.82, 2.24) is 37.0 Å². The Labute approximate surface area is 341 Å². The molecule has 60 heavy (non-hydrogen) atoms. The summed E-state index contributed by atoms with van der Waals surface area (Å²) in [6.07, 6.45) is 0. The minimum absolute atomic E-state index is 0.857. The fraction of sp³-hybridized carbons (Fsp3) is 0. The Kier molecular flexibility index (Phi) is 6.14. The van der Waals surface area contributed by atoms with Gasteiger partial charge in [0.15, 0.2) is 0 Å². The van der Waals surface area contributed by atoms with Crippen molar-refractivity contribution in [2.45, 2.75) is 0 Å². The maximum Gasteiger partial charge on any atom is 0.220 e. The summed E-state index contributed by atoms with van der Waals surface area (Å²) in [5.74, 6) is 1.74. The molecule has 0 aliphatic carbocycles. The Morgan fingerprint density at radius 2 is 0.733 bits per heavy atom. The zero-order valence-corrected chi connectivity index (χ0v) is 32.1. The predicted molar refractivity (Wildman–Crippen MR) is 244 cm³/mol. The Hall–Kier alpha value is -8.36. The van der Waals surface area contributed by atoms with Crippen molar-refractivity contribution < 1.29 is 0 Å². The molecule has 0 fully saturated rings. The molecule has 0 amide bonds. The predicted octanol–water partition coefficient (Wildman–Crippen LogP) is 12.2. The van der Waals surface area contributed by atoms with E-state index in [0.29, 0.717) is 0 Å². The molecule has 0 radical (unpaired) electrons. The van der Waals surface area contributed by atoms with Crippen LogP contribution in [0.15, 0.2) is 194 Å². The Morgan fingerprint density at radius 1 is 0.283 bits per heavy atom. The van der Waals surface area contributed by atoms with E-state index in [9.17, 15) is 0 Å². The van der Waals surface area contributed by atoms with E-state index in [1.165, 1.54) is 21.7 Å².